The van der Waals surface area contributed by atoms with E-state index in [4.69, 9.17) is 11.6 Å². The molecule has 0 unspecified atom stereocenters. The van der Waals surface area contributed by atoms with Gasteiger partial charge in [0.05, 0.1) is 20.1 Å². The van der Waals surface area contributed by atoms with Gasteiger partial charge in [0.2, 0.25) is 0 Å². The number of aromatic amines is 1. The van der Waals surface area contributed by atoms with Gasteiger partial charge in [-0.1, -0.05) is 11.6 Å². The fourth-order valence-corrected chi connectivity index (χ4v) is 2.21. The van der Waals surface area contributed by atoms with Gasteiger partial charge < -0.3 is 10.1 Å². The number of aryl methyl sites for hydroxylation is 1. The second kappa shape index (κ2) is 3.46. The van der Waals surface area contributed by atoms with Crippen molar-refractivity contribution in [2.45, 2.75) is 6.92 Å². The number of halogens is 2. The molecule has 78 valence electrons. The first-order valence-electron chi connectivity index (χ1n) is 3.99. The summed E-state index contributed by atoms with van der Waals surface area (Å²) in [6.45, 7) is 1.82. The molecule has 0 saturated carbocycles. The summed E-state index contributed by atoms with van der Waals surface area (Å²) in [4.78, 5) is 10.1. The minimum atomic E-state index is -0.546. The Bertz CT molecular complexity index is 567. The fourth-order valence-electron chi connectivity index (χ4n) is 1.36. The van der Waals surface area contributed by atoms with Crippen LogP contribution in [0.25, 0.3) is 10.9 Å². The minimum absolute atomic E-state index is 0.223. The van der Waals surface area contributed by atoms with E-state index in [0.29, 0.717) is 20.4 Å². The molecule has 0 atom stereocenters. The number of nitrogens with zero attached hydrogens (tertiary/aromatic N) is 2. The van der Waals surface area contributed by atoms with Crippen LogP contribution in [-0.4, -0.2) is 15.1 Å². The standard InChI is InChI=1S/C8H5BrClN3O2/c1-3-2-4-5(6(9)7(3)10)8(12-11-4)13(14)15/h2H,1H3,(H,11,12). The zero-order chi connectivity index (χ0) is 11.2. The zero-order valence-electron chi connectivity index (χ0n) is 7.54. The minimum Gasteiger partial charge on any atom is -0.358 e. The molecule has 0 aliphatic carbocycles. The van der Waals surface area contributed by atoms with E-state index in [-0.39, 0.29) is 5.82 Å². The molecule has 0 spiro atoms. The van der Waals surface area contributed by atoms with Crippen LogP contribution in [0, 0.1) is 17.0 Å². The van der Waals surface area contributed by atoms with Crippen LogP contribution in [0.5, 0.6) is 0 Å². The number of nitro groups is 1. The van der Waals surface area contributed by atoms with Crippen molar-refractivity contribution >= 4 is 44.3 Å². The van der Waals surface area contributed by atoms with Crippen molar-refractivity contribution in [3.63, 3.8) is 0 Å². The maximum absolute atomic E-state index is 10.7. The van der Waals surface area contributed by atoms with Crippen molar-refractivity contribution in [1.29, 1.82) is 0 Å². The summed E-state index contributed by atoms with van der Waals surface area (Å²) < 4.78 is 0.500. The Kier molecular flexibility index (Phi) is 2.40. The Morgan fingerprint density at radius 1 is 1.67 bits per heavy atom. The Morgan fingerprint density at radius 3 is 2.93 bits per heavy atom. The summed E-state index contributed by atoms with van der Waals surface area (Å²) in [5.41, 5.74) is 1.42. The van der Waals surface area contributed by atoms with E-state index >= 15 is 0 Å². The molecular weight excluding hydrogens is 285 g/mol. The molecule has 0 aliphatic heterocycles. The maximum Gasteiger partial charge on any atom is 0.398 e. The monoisotopic (exact) mass is 289 g/mol. The van der Waals surface area contributed by atoms with E-state index in [2.05, 4.69) is 26.1 Å². The smallest absolute Gasteiger partial charge is 0.358 e. The fraction of sp³-hybridized carbons (Fsp3) is 0.125. The average Bonchev–Trinajstić information content (AvgIpc) is 2.58. The van der Waals surface area contributed by atoms with Gasteiger partial charge in [0.15, 0.2) is 0 Å². The van der Waals surface area contributed by atoms with Gasteiger partial charge >= 0.3 is 5.82 Å². The number of hydrogen-bond acceptors (Lipinski definition) is 3. The highest BCUT2D eigenvalue weighted by Gasteiger charge is 2.21. The molecule has 0 aliphatic rings. The van der Waals surface area contributed by atoms with Crippen molar-refractivity contribution in [3.05, 3.63) is 31.2 Å². The first kappa shape index (κ1) is 10.4. The number of benzene rings is 1. The Labute approximate surface area is 97.7 Å². The lowest BCUT2D eigenvalue weighted by Crippen LogP contribution is -1.89. The van der Waals surface area contributed by atoms with Crippen LogP contribution in [0.3, 0.4) is 0 Å². The lowest BCUT2D eigenvalue weighted by Gasteiger charge is -2.00. The van der Waals surface area contributed by atoms with E-state index < -0.39 is 4.92 Å². The lowest BCUT2D eigenvalue weighted by molar-refractivity contribution is -0.387. The molecule has 1 aromatic carbocycles. The van der Waals surface area contributed by atoms with E-state index in [1.54, 1.807) is 6.07 Å². The van der Waals surface area contributed by atoms with E-state index in [1.807, 2.05) is 6.92 Å². The number of hydrogen-bond donors (Lipinski definition) is 1. The molecule has 1 heterocycles. The van der Waals surface area contributed by atoms with Crippen LogP contribution in [0.2, 0.25) is 5.02 Å². The third-order valence-electron chi connectivity index (χ3n) is 2.07. The first-order valence-corrected chi connectivity index (χ1v) is 5.16. The highest BCUT2D eigenvalue weighted by molar-refractivity contribution is 9.10. The maximum atomic E-state index is 10.7. The second-order valence-corrected chi connectivity index (χ2v) is 4.22. The van der Waals surface area contributed by atoms with Crippen molar-refractivity contribution < 1.29 is 4.92 Å². The summed E-state index contributed by atoms with van der Waals surface area (Å²) in [6.07, 6.45) is 0. The van der Waals surface area contributed by atoms with Crippen LogP contribution in [0.1, 0.15) is 5.56 Å². The molecule has 0 fully saturated rings. The van der Waals surface area contributed by atoms with Gasteiger partial charge in [-0.25, -0.2) is 0 Å². The molecule has 1 N–H and O–H groups in total. The summed E-state index contributed by atoms with van der Waals surface area (Å²) in [5, 5.41) is 17.8. The SMILES string of the molecule is Cc1cc2[nH]nc([N+](=O)[O-])c2c(Br)c1Cl. The second-order valence-electron chi connectivity index (χ2n) is 3.05. The van der Waals surface area contributed by atoms with E-state index in [0.717, 1.165) is 5.56 Å². The molecule has 0 radical (unpaired) electrons. The van der Waals surface area contributed by atoms with Crippen molar-refractivity contribution in [3.8, 4) is 0 Å². The van der Waals surface area contributed by atoms with Crippen molar-refractivity contribution in [2.24, 2.45) is 0 Å². The third kappa shape index (κ3) is 1.49. The molecule has 7 heteroatoms. The van der Waals surface area contributed by atoms with Crippen molar-refractivity contribution in [1.82, 2.24) is 10.2 Å². The highest BCUT2D eigenvalue weighted by Crippen LogP contribution is 2.37. The summed E-state index contributed by atoms with van der Waals surface area (Å²) in [7, 11) is 0. The van der Waals surface area contributed by atoms with Gasteiger partial charge in [-0.3, -0.25) is 0 Å². The molecule has 2 aromatic rings. The summed E-state index contributed by atoms with van der Waals surface area (Å²) >= 11 is 9.21. The number of H-pyrrole nitrogens is 1. The Hall–Kier alpha value is -1.14. The molecular formula is C8H5BrClN3O2. The number of aromatic nitrogens is 2. The number of fused-ring (bicyclic) bond motifs is 1. The third-order valence-corrected chi connectivity index (χ3v) is 3.58. The number of rotatable bonds is 1. The van der Waals surface area contributed by atoms with Gasteiger partial charge in [-0.05, 0) is 39.4 Å². The molecule has 1 aromatic heterocycles. The normalized spacial score (nSPS) is 10.9. The summed E-state index contributed by atoms with van der Waals surface area (Å²) in [6, 6.07) is 1.72. The highest BCUT2D eigenvalue weighted by atomic mass is 79.9. The van der Waals surface area contributed by atoms with Crippen LogP contribution in [-0.2, 0) is 0 Å². The van der Waals surface area contributed by atoms with E-state index in [1.165, 1.54) is 0 Å². The molecule has 0 saturated heterocycles. The topological polar surface area (TPSA) is 71.8 Å². The Balaban J connectivity index is 2.91. The predicted octanol–water partition coefficient (Wildman–Crippen LogP) is 3.20. The van der Waals surface area contributed by atoms with Gasteiger partial charge in [-0.15, -0.1) is 0 Å². The molecule has 15 heavy (non-hydrogen) atoms. The number of nitrogens with one attached hydrogen (secondary N) is 1. The molecule has 0 bridgehead atoms. The van der Waals surface area contributed by atoms with Crippen LogP contribution in [0.15, 0.2) is 10.5 Å². The largest absolute Gasteiger partial charge is 0.398 e. The first-order chi connectivity index (χ1) is 7.02. The van der Waals surface area contributed by atoms with Gasteiger partial charge in [0.1, 0.15) is 5.39 Å². The molecule has 2 rings (SSSR count). The lowest BCUT2D eigenvalue weighted by atomic mass is 10.2. The van der Waals surface area contributed by atoms with Crippen LogP contribution < -0.4 is 0 Å². The predicted molar refractivity (Wildman–Crippen MR) is 60.2 cm³/mol. The van der Waals surface area contributed by atoms with Gasteiger partial charge in [0, 0.05) is 0 Å². The molecule has 5 nitrogen and oxygen atoms in total. The zero-order valence-corrected chi connectivity index (χ0v) is 9.89. The van der Waals surface area contributed by atoms with Crippen LogP contribution in [0.4, 0.5) is 5.82 Å². The van der Waals surface area contributed by atoms with Gasteiger partial charge in [-0.2, -0.15) is 5.10 Å². The van der Waals surface area contributed by atoms with E-state index in [9.17, 15) is 10.1 Å². The van der Waals surface area contributed by atoms with Crippen LogP contribution >= 0.6 is 27.5 Å². The quantitative estimate of drug-likeness (QED) is 0.647. The molecule has 0 amide bonds. The van der Waals surface area contributed by atoms with Crippen molar-refractivity contribution in [2.75, 3.05) is 0 Å². The Morgan fingerprint density at radius 2 is 2.33 bits per heavy atom. The average molecular weight is 291 g/mol. The van der Waals surface area contributed by atoms with Gasteiger partial charge in [0.25, 0.3) is 0 Å². The summed E-state index contributed by atoms with van der Waals surface area (Å²) in [5.74, 6) is -0.223.